The second kappa shape index (κ2) is 6.40. The van der Waals surface area contributed by atoms with Gasteiger partial charge >= 0.3 is 5.97 Å². The summed E-state index contributed by atoms with van der Waals surface area (Å²) in [6.07, 6.45) is 1.73. The predicted molar refractivity (Wildman–Crippen MR) is 82.2 cm³/mol. The number of benzene rings is 1. The quantitative estimate of drug-likeness (QED) is 0.783. The summed E-state index contributed by atoms with van der Waals surface area (Å²) in [6.45, 7) is 1.91. The van der Waals surface area contributed by atoms with Gasteiger partial charge < -0.3 is 4.74 Å². The van der Waals surface area contributed by atoms with E-state index in [0.29, 0.717) is 15.6 Å². The highest BCUT2D eigenvalue weighted by molar-refractivity contribution is 6.35. The molecule has 2 rings (SSSR count). The summed E-state index contributed by atoms with van der Waals surface area (Å²) in [7, 11) is 0. The van der Waals surface area contributed by atoms with E-state index < -0.39 is 17.3 Å². The van der Waals surface area contributed by atoms with Crippen molar-refractivity contribution >= 4 is 29.2 Å². The smallest absolute Gasteiger partial charge is 0.334 e. The molecule has 0 amide bonds. The second-order valence-corrected chi connectivity index (χ2v) is 5.72. The highest BCUT2D eigenvalue weighted by Gasteiger charge is 2.49. The van der Waals surface area contributed by atoms with Crippen LogP contribution in [0, 0.1) is 28.1 Å². The number of nitrogens with zero attached hydrogens (tertiary/aromatic N) is 2. The van der Waals surface area contributed by atoms with Crippen LogP contribution in [0.3, 0.4) is 0 Å². The topological polar surface area (TPSA) is 73.9 Å². The number of esters is 1. The minimum Gasteiger partial charge on any atom is -0.463 e. The molecule has 0 aliphatic heterocycles. The first kappa shape index (κ1) is 16.4. The van der Waals surface area contributed by atoms with Gasteiger partial charge in [0, 0.05) is 21.5 Å². The Morgan fingerprint density at radius 2 is 2.09 bits per heavy atom. The SMILES string of the molecule is CCOC(=O)C1=CCC(C#N)(C#N)[C@@H]1c1ccc(Cl)cc1Cl. The van der Waals surface area contributed by atoms with Crippen LogP contribution in [0.5, 0.6) is 0 Å². The molecule has 0 heterocycles. The van der Waals surface area contributed by atoms with Crippen molar-refractivity contribution < 1.29 is 9.53 Å². The number of allylic oxidation sites excluding steroid dienone is 1. The van der Waals surface area contributed by atoms with Crippen LogP contribution in [0.25, 0.3) is 0 Å². The summed E-state index contributed by atoms with van der Waals surface area (Å²) in [5, 5.41) is 19.7. The van der Waals surface area contributed by atoms with E-state index in [9.17, 15) is 15.3 Å². The molecule has 22 heavy (non-hydrogen) atoms. The first-order chi connectivity index (χ1) is 10.5. The lowest BCUT2D eigenvalue weighted by Crippen LogP contribution is -2.25. The molecule has 0 radical (unpaired) electrons. The third-order valence-corrected chi connectivity index (χ3v) is 4.19. The molecule has 1 aliphatic rings. The Bertz CT molecular complexity index is 715. The molecule has 0 saturated heterocycles. The van der Waals surface area contributed by atoms with Crippen LogP contribution in [0.1, 0.15) is 24.8 Å². The maximum atomic E-state index is 12.1. The number of hydrogen-bond donors (Lipinski definition) is 0. The van der Waals surface area contributed by atoms with Crippen LogP contribution in [0.15, 0.2) is 29.8 Å². The zero-order valence-corrected chi connectivity index (χ0v) is 13.3. The predicted octanol–water partition coefficient (Wildman–Crippen LogP) is 4.00. The van der Waals surface area contributed by atoms with Gasteiger partial charge in [0.1, 0.15) is 0 Å². The summed E-state index contributed by atoms with van der Waals surface area (Å²) in [4.78, 5) is 12.1. The van der Waals surface area contributed by atoms with Gasteiger partial charge in [0.05, 0.1) is 18.7 Å². The Morgan fingerprint density at radius 3 is 2.64 bits per heavy atom. The van der Waals surface area contributed by atoms with E-state index in [1.165, 1.54) is 6.07 Å². The highest BCUT2D eigenvalue weighted by atomic mass is 35.5. The fourth-order valence-corrected chi connectivity index (χ4v) is 3.12. The Kier molecular flexibility index (Phi) is 4.76. The van der Waals surface area contributed by atoms with Gasteiger partial charge in [-0.25, -0.2) is 4.79 Å². The molecular weight excluding hydrogens is 323 g/mol. The van der Waals surface area contributed by atoms with Crippen molar-refractivity contribution in [3.63, 3.8) is 0 Å². The van der Waals surface area contributed by atoms with Crippen LogP contribution >= 0.6 is 23.2 Å². The van der Waals surface area contributed by atoms with Gasteiger partial charge in [-0.3, -0.25) is 0 Å². The van der Waals surface area contributed by atoms with Gasteiger partial charge in [-0.05, 0) is 31.0 Å². The molecule has 0 bridgehead atoms. The van der Waals surface area contributed by atoms with Gasteiger partial charge in [-0.15, -0.1) is 0 Å². The third-order valence-electron chi connectivity index (χ3n) is 3.63. The fourth-order valence-electron chi connectivity index (χ4n) is 2.60. The first-order valence-corrected chi connectivity index (χ1v) is 7.39. The van der Waals surface area contributed by atoms with E-state index in [4.69, 9.17) is 27.9 Å². The lowest BCUT2D eigenvalue weighted by molar-refractivity contribution is -0.138. The molecule has 6 heteroatoms. The molecule has 4 nitrogen and oxygen atoms in total. The third kappa shape index (κ3) is 2.68. The number of carbonyl (C=O) groups is 1. The Hall–Kier alpha value is -2.01. The standard InChI is InChI=1S/C16H12Cl2N2O2/c1-2-22-15(21)12-5-6-16(8-19,9-20)14(12)11-4-3-10(17)7-13(11)18/h3-5,7,14H,2,6H2,1H3/t14-/m1/s1. The second-order valence-electron chi connectivity index (χ2n) is 4.88. The van der Waals surface area contributed by atoms with Crippen LogP contribution in [-0.4, -0.2) is 12.6 Å². The van der Waals surface area contributed by atoms with Crippen molar-refractivity contribution in [2.24, 2.45) is 5.41 Å². The average Bonchev–Trinajstić information content (AvgIpc) is 2.87. The van der Waals surface area contributed by atoms with E-state index in [1.54, 1.807) is 25.1 Å². The Balaban J connectivity index is 2.58. The monoisotopic (exact) mass is 334 g/mol. The first-order valence-electron chi connectivity index (χ1n) is 6.63. The zero-order valence-electron chi connectivity index (χ0n) is 11.8. The van der Waals surface area contributed by atoms with Crippen molar-refractivity contribution in [3.05, 3.63) is 45.5 Å². The summed E-state index contributed by atoms with van der Waals surface area (Å²) in [5.74, 6) is -1.29. The van der Waals surface area contributed by atoms with E-state index in [-0.39, 0.29) is 18.6 Å². The number of hydrogen-bond acceptors (Lipinski definition) is 4. The number of carbonyl (C=O) groups excluding carboxylic acids is 1. The maximum Gasteiger partial charge on any atom is 0.334 e. The average molecular weight is 335 g/mol. The lowest BCUT2D eigenvalue weighted by Gasteiger charge is -2.25. The molecule has 0 N–H and O–H groups in total. The largest absolute Gasteiger partial charge is 0.463 e. The molecule has 0 saturated carbocycles. The summed E-state index contributed by atoms with van der Waals surface area (Å²) in [5.41, 5.74) is -0.570. The Morgan fingerprint density at radius 1 is 1.41 bits per heavy atom. The zero-order chi connectivity index (χ0) is 16.3. The molecule has 0 unspecified atom stereocenters. The summed E-state index contributed by atoms with van der Waals surface area (Å²) in [6, 6.07) is 8.84. The number of ether oxygens (including phenoxy) is 1. The van der Waals surface area contributed by atoms with Crippen molar-refractivity contribution in [1.82, 2.24) is 0 Å². The summed E-state index contributed by atoms with van der Waals surface area (Å²) >= 11 is 12.1. The van der Waals surface area contributed by atoms with Crippen LogP contribution in [0.2, 0.25) is 10.0 Å². The van der Waals surface area contributed by atoms with Crippen LogP contribution in [-0.2, 0) is 9.53 Å². The summed E-state index contributed by atoms with van der Waals surface area (Å²) < 4.78 is 5.03. The van der Waals surface area contributed by atoms with E-state index in [0.717, 1.165) is 0 Å². The highest BCUT2D eigenvalue weighted by Crippen LogP contribution is 2.51. The van der Waals surface area contributed by atoms with Gasteiger partial charge in [0.2, 0.25) is 0 Å². The van der Waals surface area contributed by atoms with Gasteiger partial charge in [-0.2, -0.15) is 10.5 Å². The molecule has 1 aromatic carbocycles. The Labute approximate surface area is 138 Å². The number of halogens is 2. The normalized spacial score (nSPS) is 19.0. The van der Waals surface area contributed by atoms with Crippen molar-refractivity contribution in [1.29, 1.82) is 10.5 Å². The maximum absolute atomic E-state index is 12.1. The van der Waals surface area contributed by atoms with Crippen LogP contribution in [0.4, 0.5) is 0 Å². The lowest BCUT2D eigenvalue weighted by atomic mass is 9.73. The van der Waals surface area contributed by atoms with Crippen molar-refractivity contribution in [2.45, 2.75) is 19.3 Å². The fraction of sp³-hybridized carbons (Fsp3) is 0.312. The van der Waals surface area contributed by atoms with E-state index >= 15 is 0 Å². The van der Waals surface area contributed by atoms with Crippen molar-refractivity contribution in [2.75, 3.05) is 6.61 Å². The molecule has 112 valence electrons. The number of rotatable bonds is 3. The van der Waals surface area contributed by atoms with Gasteiger partial charge in [0.15, 0.2) is 5.41 Å². The van der Waals surface area contributed by atoms with E-state index in [1.807, 2.05) is 12.1 Å². The minimum atomic E-state index is -1.38. The molecule has 1 aromatic rings. The molecular formula is C16H12Cl2N2O2. The molecule has 0 fully saturated rings. The molecule has 0 aromatic heterocycles. The molecule has 1 atom stereocenters. The van der Waals surface area contributed by atoms with Gasteiger partial charge in [-0.1, -0.05) is 35.3 Å². The number of nitriles is 2. The van der Waals surface area contributed by atoms with E-state index in [2.05, 4.69) is 0 Å². The minimum absolute atomic E-state index is 0.151. The van der Waals surface area contributed by atoms with Gasteiger partial charge in [0.25, 0.3) is 0 Å². The van der Waals surface area contributed by atoms with Crippen molar-refractivity contribution in [3.8, 4) is 12.1 Å². The molecule has 1 aliphatic carbocycles. The molecule has 0 spiro atoms. The van der Waals surface area contributed by atoms with Crippen LogP contribution < -0.4 is 0 Å².